The van der Waals surface area contributed by atoms with Crippen molar-refractivity contribution in [3.05, 3.63) is 46.0 Å². The molecule has 8 atom stereocenters. The third-order valence-electron chi connectivity index (χ3n) is 7.22. The Morgan fingerprint density at radius 2 is 1.55 bits per heavy atom. The largest absolute Gasteiger partial charge is 0.394 e. The zero-order valence-corrected chi connectivity index (χ0v) is 22.6. The third-order valence-corrected chi connectivity index (χ3v) is 10.1. The van der Waals surface area contributed by atoms with E-state index in [1.807, 2.05) is 39.8 Å². The van der Waals surface area contributed by atoms with Gasteiger partial charge in [0, 0.05) is 27.1 Å². The Morgan fingerprint density at radius 1 is 0.895 bits per heavy atom. The summed E-state index contributed by atoms with van der Waals surface area (Å²) >= 11 is 4.45. The number of thioether (sulfide) groups is 1. The summed E-state index contributed by atoms with van der Waals surface area (Å²) in [5.74, 6) is 0. The van der Waals surface area contributed by atoms with Crippen molar-refractivity contribution in [3.63, 3.8) is 0 Å². The topological polar surface area (TPSA) is 152 Å². The minimum Gasteiger partial charge on any atom is -0.394 e. The third kappa shape index (κ3) is 4.95. The van der Waals surface area contributed by atoms with Crippen LogP contribution in [0.5, 0.6) is 0 Å². The highest BCUT2D eigenvalue weighted by Crippen LogP contribution is 2.42. The molecule has 0 spiro atoms. The molecule has 2 fully saturated rings. The number of aliphatic hydroxyl groups is 4. The van der Waals surface area contributed by atoms with Crippen molar-refractivity contribution in [1.82, 2.24) is 30.0 Å². The summed E-state index contributed by atoms with van der Waals surface area (Å²) in [5, 5.41) is 68.1. The molecule has 0 bridgehead atoms. The molecular formula is C24H28N6O5S3. The predicted octanol–water partition coefficient (Wildman–Crippen LogP) is 2.19. The molecule has 3 unspecified atom stereocenters. The molecular weight excluding hydrogens is 549 g/mol. The summed E-state index contributed by atoms with van der Waals surface area (Å²) in [6.45, 7) is -0.423. The molecule has 2 aliphatic rings. The molecule has 0 radical (unpaired) electrons. The van der Waals surface area contributed by atoms with Crippen LogP contribution in [0.4, 0.5) is 0 Å². The summed E-state index contributed by atoms with van der Waals surface area (Å²) in [4.78, 5) is 0. The second-order valence-corrected chi connectivity index (χ2v) is 12.5. The van der Waals surface area contributed by atoms with Crippen molar-refractivity contribution in [1.29, 1.82) is 0 Å². The quantitative estimate of drug-likeness (QED) is 0.258. The summed E-state index contributed by atoms with van der Waals surface area (Å²) in [7, 11) is 0. The van der Waals surface area contributed by atoms with E-state index in [9.17, 15) is 20.4 Å². The molecule has 0 aromatic carbocycles. The summed E-state index contributed by atoms with van der Waals surface area (Å²) in [5.41, 5.74) is 2.48. The van der Waals surface area contributed by atoms with E-state index in [1.54, 1.807) is 22.2 Å². The van der Waals surface area contributed by atoms with E-state index in [0.29, 0.717) is 5.69 Å². The van der Waals surface area contributed by atoms with Gasteiger partial charge in [-0.05, 0) is 35.7 Å². The second kappa shape index (κ2) is 11.1. The number of aromatic nitrogens is 6. The van der Waals surface area contributed by atoms with Gasteiger partial charge in [-0.3, -0.25) is 0 Å². The summed E-state index contributed by atoms with van der Waals surface area (Å²) < 4.78 is 9.12. The van der Waals surface area contributed by atoms with Crippen molar-refractivity contribution in [3.8, 4) is 22.5 Å². The molecule has 4 N–H and O–H groups in total. The van der Waals surface area contributed by atoms with Gasteiger partial charge < -0.3 is 25.2 Å². The number of aliphatic hydroxyl groups excluding tert-OH is 4. The average molecular weight is 577 g/mol. The van der Waals surface area contributed by atoms with Crippen molar-refractivity contribution in [2.45, 2.75) is 66.4 Å². The van der Waals surface area contributed by atoms with Gasteiger partial charge in [-0.25, -0.2) is 9.36 Å². The van der Waals surface area contributed by atoms with Crippen LogP contribution in [0.3, 0.4) is 0 Å². The van der Waals surface area contributed by atoms with Gasteiger partial charge >= 0.3 is 0 Å². The lowest BCUT2D eigenvalue weighted by Crippen LogP contribution is -2.55. The zero-order chi connectivity index (χ0) is 26.2. The number of nitrogens with zero attached hydrogens (tertiary/aromatic N) is 6. The fraction of sp³-hybridized carbons (Fsp3) is 0.500. The molecule has 1 aliphatic heterocycles. The van der Waals surface area contributed by atoms with Gasteiger partial charge in [0.05, 0.1) is 31.1 Å². The van der Waals surface area contributed by atoms with Crippen molar-refractivity contribution < 1.29 is 25.2 Å². The minimum absolute atomic E-state index is 0.255. The molecule has 0 amide bonds. The Bertz CT molecular complexity index is 1310. The molecule has 14 heteroatoms. The normalized spacial score (nSPS) is 32.0. The Balaban J connectivity index is 1.19. The van der Waals surface area contributed by atoms with Crippen molar-refractivity contribution >= 4 is 34.4 Å². The molecule has 1 aliphatic carbocycles. The fourth-order valence-corrected chi connectivity index (χ4v) is 7.98. The lowest BCUT2D eigenvalue weighted by molar-refractivity contribution is -0.178. The predicted molar refractivity (Wildman–Crippen MR) is 144 cm³/mol. The van der Waals surface area contributed by atoms with Crippen LogP contribution in [0.25, 0.3) is 22.5 Å². The van der Waals surface area contributed by atoms with E-state index < -0.39 is 42.5 Å². The fourth-order valence-electron chi connectivity index (χ4n) is 5.17. The SMILES string of the molecule is OC[C@H]1O[C@@H](SC2CCCC(n3cc(-c4ccsc4)nn3)C2O)[C@H](O)[C@@H](n2cc(-c3ccsc3)nn2)[C@H]1O. The first-order chi connectivity index (χ1) is 18.5. The number of hydrogen-bond donors (Lipinski definition) is 4. The highest BCUT2D eigenvalue weighted by atomic mass is 32.2. The number of ether oxygens (including phenoxy) is 1. The standard InChI is InChI=1S/C24H28N6O5S3/c31-10-18-22(33)20(30-9-16(26-28-30)14-5-7-37-12-14)23(34)24(35-18)38-19-3-1-2-17(21(19)32)29-8-15(25-27-29)13-4-6-36-11-13/h4-9,11-12,17-24,31-34H,1-3,10H2/t17?,18-,19?,20+,21?,22+,23-,24+/m1/s1. The molecule has 5 heterocycles. The first-order valence-electron chi connectivity index (χ1n) is 12.4. The van der Waals surface area contributed by atoms with Crippen LogP contribution in [0.2, 0.25) is 0 Å². The van der Waals surface area contributed by atoms with Gasteiger partial charge in [-0.15, -0.1) is 22.0 Å². The van der Waals surface area contributed by atoms with Crippen molar-refractivity contribution in [2.75, 3.05) is 6.61 Å². The van der Waals surface area contributed by atoms with Gasteiger partial charge in [0.2, 0.25) is 0 Å². The highest BCUT2D eigenvalue weighted by Gasteiger charge is 2.48. The number of thiophene rings is 2. The molecule has 6 rings (SSSR count). The molecule has 4 aromatic rings. The zero-order valence-electron chi connectivity index (χ0n) is 20.2. The summed E-state index contributed by atoms with van der Waals surface area (Å²) in [6, 6.07) is 2.76. The lowest BCUT2D eigenvalue weighted by Gasteiger charge is -2.44. The molecule has 4 aromatic heterocycles. The van der Waals surface area contributed by atoms with Crippen molar-refractivity contribution in [2.24, 2.45) is 0 Å². The maximum Gasteiger partial charge on any atom is 0.132 e. The van der Waals surface area contributed by atoms with Gasteiger partial charge in [0.15, 0.2) is 0 Å². The monoisotopic (exact) mass is 576 g/mol. The van der Waals surface area contributed by atoms with Crippen LogP contribution in [0.1, 0.15) is 31.3 Å². The van der Waals surface area contributed by atoms with Crippen LogP contribution < -0.4 is 0 Å². The van der Waals surface area contributed by atoms with E-state index in [2.05, 4.69) is 20.6 Å². The molecule has 38 heavy (non-hydrogen) atoms. The maximum absolute atomic E-state index is 11.3. The smallest absolute Gasteiger partial charge is 0.132 e. The minimum atomic E-state index is -1.20. The maximum atomic E-state index is 11.3. The van der Waals surface area contributed by atoms with Gasteiger partial charge in [-0.1, -0.05) is 16.8 Å². The van der Waals surface area contributed by atoms with Gasteiger partial charge in [0.25, 0.3) is 0 Å². The van der Waals surface area contributed by atoms with E-state index in [-0.39, 0.29) is 11.3 Å². The average Bonchev–Trinajstić information content (AvgIpc) is 3.74. The first-order valence-corrected chi connectivity index (χ1v) is 15.2. The van der Waals surface area contributed by atoms with E-state index in [1.165, 1.54) is 27.8 Å². The van der Waals surface area contributed by atoms with E-state index in [4.69, 9.17) is 4.74 Å². The Hall–Kier alpha value is -2.17. The van der Waals surface area contributed by atoms with Crippen LogP contribution in [-0.4, -0.2) is 92.1 Å². The van der Waals surface area contributed by atoms with Crippen LogP contribution in [0, 0.1) is 0 Å². The molecule has 1 saturated carbocycles. The van der Waals surface area contributed by atoms with Crippen LogP contribution in [-0.2, 0) is 4.74 Å². The first kappa shape index (κ1) is 26.1. The molecule has 202 valence electrons. The van der Waals surface area contributed by atoms with Gasteiger partial charge in [-0.2, -0.15) is 22.7 Å². The van der Waals surface area contributed by atoms with E-state index >= 15 is 0 Å². The summed E-state index contributed by atoms with van der Waals surface area (Å²) in [6.07, 6.45) is 1.86. The lowest BCUT2D eigenvalue weighted by atomic mass is 9.92. The number of hydrogen-bond acceptors (Lipinski definition) is 12. The molecule has 11 nitrogen and oxygen atoms in total. The Morgan fingerprint density at radius 3 is 2.18 bits per heavy atom. The molecule has 1 saturated heterocycles. The number of rotatable bonds is 7. The van der Waals surface area contributed by atoms with Crippen LogP contribution >= 0.6 is 34.4 Å². The second-order valence-electron chi connectivity index (χ2n) is 9.55. The highest BCUT2D eigenvalue weighted by molar-refractivity contribution is 8.00. The Labute approximate surface area is 230 Å². The Kier molecular flexibility index (Phi) is 7.64. The van der Waals surface area contributed by atoms with E-state index in [0.717, 1.165) is 36.1 Å². The van der Waals surface area contributed by atoms with Crippen LogP contribution in [0.15, 0.2) is 46.0 Å². The van der Waals surface area contributed by atoms with Gasteiger partial charge in [0.1, 0.15) is 41.2 Å².